The minimum absolute atomic E-state index is 0.224. The minimum Gasteiger partial charge on any atom is -0.497 e. The zero-order chi connectivity index (χ0) is 13.5. The van der Waals surface area contributed by atoms with Crippen LogP contribution in [0.4, 0.5) is 5.69 Å². The van der Waals surface area contributed by atoms with Gasteiger partial charge in [-0.05, 0) is 18.6 Å². The van der Waals surface area contributed by atoms with Crippen LogP contribution >= 0.6 is 11.6 Å². The van der Waals surface area contributed by atoms with Gasteiger partial charge in [0.1, 0.15) is 5.75 Å². The molecular weight excluding hydrogens is 252 g/mol. The molecule has 4 nitrogen and oxygen atoms in total. The topological polar surface area (TPSA) is 64.4 Å². The zero-order valence-corrected chi connectivity index (χ0v) is 11.5. The number of nitrogens with two attached hydrogens (primary N) is 1. The van der Waals surface area contributed by atoms with Gasteiger partial charge in [-0.3, -0.25) is 4.79 Å². The third-order valence-corrected chi connectivity index (χ3v) is 2.97. The SMILES string of the molecule is CCCCC(N)C(=O)Nc1cc(OC)ccc1Cl. The van der Waals surface area contributed by atoms with Crippen molar-refractivity contribution >= 4 is 23.2 Å². The Labute approximate surface area is 112 Å². The van der Waals surface area contributed by atoms with Gasteiger partial charge in [0.2, 0.25) is 5.91 Å². The highest BCUT2D eigenvalue weighted by Gasteiger charge is 2.14. The van der Waals surface area contributed by atoms with E-state index in [4.69, 9.17) is 22.1 Å². The Kier molecular flexibility index (Phi) is 5.95. The molecule has 100 valence electrons. The van der Waals surface area contributed by atoms with E-state index in [1.54, 1.807) is 25.3 Å². The molecule has 0 aliphatic rings. The second-order valence-corrected chi connectivity index (χ2v) is 4.49. The molecule has 1 aromatic carbocycles. The number of carbonyl (C=O) groups is 1. The van der Waals surface area contributed by atoms with Crippen LogP contribution in [0.25, 0.3) is 0 Å². The fraction of sp³-hybridized carbons (Fsp3) is 0.462. The zero-order valence-electron chi connectivity index (χ0n) is 10.7. The van der Waals surface area contributed by atoms with Gasteiger partial charge in [0.25, 0.3) is 0 Å². The number of carbonyl (C=O) groups excluding carboxylic acids is 1. The molecule has 1 rings (SSSR count). The third-order valence-electron chi connectivity index (χ3n) is 2.64. The van der Waals surface area contributed by atoms with Crippen LogP contribution in [-0.2, 0) is 4.79 Å². The van der Waals surface area contributed by atoms with E-state index in [2.05, 4.69) is 12.2 Å². The first-order valence-corrected chi connectivity index (χ1v) is 6.36. The Morgan fingerprint density at radius 3 is 2.89 bits per heavy atom. The number of methoxy groups -OCH3 is 1. The summed E-state index contributed by atoms with van der Waals surface area (Å²) < 4.78 is 5.08. The van der Waals surface area contributed by atoms with Crippen LogP contribution < -0.4 is 15.8 Å². The normalized spacial score (nSPS) is 12.0. The molecule has 0 saturated heterocycles. The average Bonchev–Trinajstić information content (AvgIpc) is 2.38. The van der Waals surface area contributed by atoms with Gasteiger partial charge in [-0.2, -0.15) is 0 Å². The van der Waals surface area contributed by atoms with Crippen LogP contribution in [0.1, 0.15) is 26.2 Å². The van der Waals surface area contributed by atoms with Crippen molar-refractivity contribution in [2.45, 2.75) is 32.2 Å². The van der Waals surface area contributed by atoms with Crippen molar-refractivity contribution in [3.8, 4) is 5.75 Å². The quantitative estimate of drug-likeness (QED) is 0.835. The number of nitrogens with one attached hydrogen (secondary N) is 1. The van der Waals surface area contributed by atoms with Gasteiger partial charge in [0.15, 0.2) is 0 Å². The Balaban J connectivity index is 2.68. The van der Waals surface area contributed by atoms with Gasteiger partial charge in [-0.1, -0.05) is 31.4 Å². The Morgan fingerprint density at radius 2 is 2.28 bits per heavy atom. The van der Waals surface area contributed by atoms with E-state index in [9.17, 15) is 4.79 Å². The van der Waals surface area contributed by atoms with Crippen molar-refractivity contribution < 1.29 is 9.53 Å². The molecule has 0 fully saturated rings. The van der Waals surface area contributed by atoms with Crippen LogP contribution in [0, 0.1) is 0 Å². The standard InChI is InChI=1S/C13H19ClN2O2/c1-3-4-5-11(15)13(17)16-12-8-9(18-2)6-7-10(12)14/h6-8,11H,3-5,15H2,1-2H3,(H,16,17). The van der Waals surface area contributed by atoms with Gasteiger partial charge in [0.05, 0.1) is 23.9 Å². The van der Waals surface area contributed by atoms with Crippen molar-refractivity contribution in [2.75, 3.05) is 12.4 Å². The van der Waals surface area contributed by atoms with E-state index in [0.29, 0.717) is 22.9 Å². The largest absolute Gasteiger partial charge is 0.497 e. The fourth-order valence-electron chi connectivity index (χ4n) is 1.51. The summed E-state index contributed by atoms with van der Waals surface area (Å²) in [4.78, 5) is 11.8. The van der Waals surface area contributed by atoms with Crippen molar-refractivity contribution in [1.82, 2.24) is 0 Å². The molecule has 1 atom stereocenters. The van der Waals surface area contributed by atoms with E-state index < -0.39 is 6.04 Å². The van der Waals surface area contributed by atoms with E-state index in [1.165, 1.54) is 0 Å². The van der Waals surface area contributed by atoms with E-state index in [1.807, 2.05) is 0 Å². The van der Waals surface area contributed by atoms with Gasteiger partial charge in [-0.25, -0.2) is 0 Å². The first kappa shape index (κ1) is 14.8. The summed E-state index contributed by atoms with van der Waals surface area (Å²) in [6.07, 6.45) is 2.62. The lowest BCUT2D eigenvalue weighted by Gasteiger charge is -2.13. The molecule has 3 N–H and O–H groups in total. The number of rotatable bonds is 6. The van der Waals surface area contributed by atoms with Crippen LogP contribution in [0.15, 0.2) is 18.2 Å². The third kappa shape index (κ3) is 4.20. The molecule has 0 aliphatic carbocycles. The van der Waals surface area contributed by atoms with Crippen LogP contribution in [0.5, 0.6) is 5.75 Å². The number of amides is 1. The highest BCUT2D eigenvalue weighted by molar-refractivity contribution is 6.33. The van der Waals surface area contributed by atoms with E-state index in [-0.39, 0.29) is 5.91 Å². The molecule has 0 radical (unpaired) electrons. The molecule has 5 heteroatoms. The minimum atomic E-state index is -0.507. The van der Waals surface area contributed by atoms with E-state index >= 15 is 0 Å². The van der Waals surface area contributed by atoms with Gasteiger partial charge in [0, 0.05) is 6.07 Å². The maximum absolute atomic E-state index is 11.8. The number of hydrogen-bond acceptors (Lipinski definition) is 3. The molecule has 0 aromatic heterocycles. The molecule has 0 aliphatic heterocycles. The summed E-state index contributed by atoms with van der Waals surface area (Å²) in [5.74, 6) is 0.412. The van der Waals surface area contributed by atoms with Crippen molar-refractivity contribution in [3.05, 3.63) is 23.2 Å². The van der Waals surface area contributed by atoms with Crippen LogP contribution in [0.3, 0.4) is 0 Å². The highest BCUT2D eigenvalue weighted by Crippen LogP contribution is 2.26. The number of benzene rings is 1. The first-order chi connectivity index (χ1) is 8.58. The van der Waals surface area contributed by atoms with Gasteiger partial charge < -0.3 is 15.8 Å². The monoisotopic (exact) mass is 270 g/mol. The number of hydrogen-bond donors (Lipinski definition) is 2. The van der Waals surface area contributed by atoms with Gasteiger partial charge >= 0.3 is 0 Å². The molecule has 18 heavy (non-hydrogen) atoms. The summed E-state index contributed by atoms with van der Waals surface area (Å²) in [5, 5.41) is 3.18. The molecular formula is C13H19ClN2O2. The van der Waals surface area contributed by atoms with Crippen molar-refractivity contribution in [1.29, 1.82) is 0 Å². The molecule has 0 saturated carbocycles. The molecule has 0 bridgehead atoms. The lowest BCUT2D eigenvalue weighted by molar-refractivity contribution is -0.117. The summed E-state index contributed by atoms with van der Waals surface area (Å²) in [7, 11) is 1.56. The summed E-state index contributed by atoms with van der Waals surface area (Å²) >= 11 is 6.00. The molecule has 1 aromatic rings. The maximum atomic E-state index is 11.8. The second kappa shape index (κ2) is 7.24. The Bertz CT molecular complexity index is 410. The smallest absolute Gasteiger partial charge is 0.241 e. The summed E-state index contributed by atoms with van der Waals surface area (Å²) in [6, 6.07) is 4.57. The summed E-state index contributed by atoms with van der Waals surface area (Å²) in [6.45, 7) is 2.06. The van der Waals surface area contributed by atoms with Crippen molar-refractivity contribution in [2.24, 2.45) is 5.73 Å². The van der Waals surface area contributed by atoms with Gasteiger partial charge in [-0.15, -0.1) is 0 Å². The van der Waals surface area contributed by atoms with E-state index in [0.717, 1.165) is 12.8 Å². The predicted octanol–water partition coefficient (Wildman–Crippen LogP) is 2.80. The maximum Gasteiger partial charge on any atom is 0.241 e. The van der Waals surface area contributed by atoms with Crippen LogP contribution in [0.2, 0.25) is 5.02 Å². The number of halogens is 1. The molecule has 0 heterocycles. The molecule has 1 amide bonds. The highest BCUT2D eigenvalue weighted by atomic mass is 35.5. The number of anilines is 1. The second-order valence-electron chi connectivity index (χ2n) is 4.08. The first-order valence-electron chi connectivity index (χ1n) is 5.98. The average molecular weight is 271 g/mol. The number of unbranched alkanes of at least 4 members (excludes halogenated alkanes) is 1. The Morgan fingerprint density at radius 1 is 1.56 bits per heavy atom. The molecule has 0 spiro atoms. The lowest BCUT2D eigenvalue weighted by atomic mass is 10.1. The number of ether oxygens (including phenoxy) is 1. The Hall–Kier alpha value is -1.26. The lowest BCUT2D eigenvalue weighted by Crippen LogP contribution is -2.35. The fourth-order valence-corrected chi connectivity index (χ4v) is 1.67. The van der Waals surface area contributed by atoms with Crippen LogP contribution in [-0.4, -0.2) is 19.1 Å². The predicted molar refractivity (Wildman–Crippen MR) is 74.1 cm³/mol. The summed E-state index contributed by atoms with van der Waals surface area (Å²) in [5.41, 5.74) is 6.31. The van der Waals surface area contributed by atoms with Crippen molar-refractivity contribution in [3.63, 3.8) is 0 Å². The molecule has 1 unspecified atom stereocenters.